The highest BCUT2D eigenvalue weighted by atomic mass is 32.1. The molecule has 1 N–H and O–H groups in total. The summed E-state index contributed by atoms with van der Waals surface area (Å²) in [5.74, 6) is 6.77. The number of nitrogens with zero attached hydrogens (tertiary/aromatic N) is 1. The lowest BCUT2D eigenvalue weighted by molar-refractivity contribution is -0.115. The third-order valence-corrected chi connectivity index (χ3v) is 4.47. The van der Waals surface area contributed by atoms with Crippen molar-refractivity contribution in [3.63, 3.8) is 0 Å². The fourth-order valence-electron chi connectivity index (χ4n) is 2.50. The van der Waals surface area contributed by atoms with Crippen molar-refractivity contribution < 1.29 is 9.53 Å². The molecule has 0 aliphatic rings. The summed E-state index contributed by atoms with van der Waals surface area (Å²) in [6, 6.07) is 13.4. The van der Waals surface area contributed by atoms with Crippen LogP contribution < -0.4 is 10.1 Å². The number of fused-ring (bicyclic) bond motifs is 1. The van der Waals surface area contributed by atoms with Gasteiger partial charge >= 0.3 is 0 Å². The van der Waals surface area contributed by atoms with Crippen molar-refractivity contribution in [3.8, 4) is 17.6 Å². The van der Waals surface area contributed by atoms with Gasteiger partial charge in [0.1, 0.15) is 5.75 Å². The second-order valence-electron chi connectivity index (χ2n) is 5.71. The lowest BCUT2D eigenvalue weighted by Gasteiger charge is -2.08. The van der Waals surface area contributed by atoms with Crippen LogP contribution in [0.4, 0.5) is 5.69 Å². The number of thiazole rings is 1. The first-order valence-electron chi connectivity index (χ1n) is 8.55. The van der Waals surface area contributed by atoms with E-state index in [0.717, 1.165) is 33.6 Å². The molecule has 0 saturated heterocycles. The monoisotopic (exact) mass is 364 g/mol. The van der Waals surface area contributed by atoms with Crippen molar-refractivity contribution in [1.29, 1.82) is 0 Å². The van der Waals surface area contributed by atoms with E-state index in [1.54, 1.807) is 16.8 Å². The molecule has 5 heteroatoms. The molecule has 0 atom stereocenters. The Kier molecular flexibility index (Phi) is 6.24. The Morgan fingerprint density at radius 3 is 3.04 bits per heavy atom. The summed E-state index contributed by atoms with van der Waals surface area (Å²) in [4.78, 5) is 16.6. The van der Waals surface area contributed by atoms with E-state index in [-0.39, 0.29) is 5.91 Å². The molecular weight excluding hydrogens is 344 g/mol. The quantitative estimate of drug-likeness (QED) is 0.511. The first-order valence-corrected chi connectivity index (χ1v) is 9.43. The Morgan fingerprint density at radius 2 is 2.15 bits per heavy atom. The maximum atomic E-state index is 12.3. The number of carbonyl (C=O) groups excluding carboxylic acids is 1. The van der Waals surface area contributed by atoms with Crippen molar-refractivity contribution in [1.82, 2.24) is 4.98 Å². The van der Waals surface area contributed by atoms with Gasteiger partial charge in [-0.2, -0.15) is 0 Å². The highest BCUT2D eigenvalue weighted by molar-refractivity contribution is 7.16. The smallest absolute Gasteiger partial charge is 0.228 e. The van der Waals surface area contributed by atoms with Gasteiger partial charge in [-0.05, 0) is 35.9 Å². The maximum Gasteiger partial charge on any atom is 0.228 e. The van der Waals surface area contributed by atoms with E-state index >= 15 is 0 Å². The largest absolute Gasteiger partial charge is 0.493 e. The number of hydrogen-bond acceptors (Lipinski definition) is 4. The Morgan fingerprint density at radius 1 is 1.23 bits per heavy atom. The van der Waals surface area contributed by atoms with Gasteiger partial charge in [0.05, 0.1) is 28.8 Å². The number of nitrogens with one attached hydrogen (secondary N) is 1. The molecule has 0 aliphatic carbocycles. The minimum atomic E-state index is -0.0557. The van der Waals surface area contributed by atoms with Crippen molar-refractivity contribution >= 4 is 33.1 Å². The predicted molar refractivity (Wildman–Crippen MR) is 107 cm³/mol. The lowest BCUT2D eigenvalue weighted by Crippen LogP contribution is -2.14. The second-order valence-corrected chi connectivity index (χ2v) is 6.60. The molecule has 0 unspecified atom stereocenters. The summed E-state index contributed by atoms with van der Waals surface area (Å²) in [5.41, 5.74) is 4.45. The lowest BCUT2D eigenvalue weighted by atomic mass is 10.1. The van der Waals surface area contributed by atoms with Crippen molar-refractivity contribution in [2.75, 3.05) is 11.9 Å². The summed E-state index contributed by atoms with van der Waals surface area (Å²) in [5, 5.41) is 2.94. The number of benzene rings is 2. The third-order valence-electron chi connectivity index (χ3n) is 3.68. The van der Waals surface area contributed by atoms with Gasteiger partial charge in [0.15, 0.2) is 0 Å². The SMILES string of the molecule is CCC#CCCOc1cccc(CC(=O)Nc2ccc3ncsc3c2)c1. The summed E-state index contributed by atoms with van der Waals surface area (Å²) < 4.78 is 6.75. The fraction of sp³-hybridized carbons (Fsp3) is 0.238. The zero-order chi connectivity index (χ0) is 18.2. The van der Waals surface area contributed by atoms with Crippen LogP contribution in [0.15, 0.2) is 48.0 Å². The Bertz CT molecular complexity index is 953. The van der Waals surface area contributed by atoms with Crippen LogP contribution in [0.5, 0.6) is 5.75 Å². The molecule has 3 aromatic rings. The molecule has 2 aromatic carbocycles. The topological polar surface area (TPSA) is 51.2 Å². The minimum absolute atomic E-state index is 0.0557. The van der Waals surface area contributed by atoms with Crippen LogP contribution in [-0.4, -0.2) is 17.5 Å². The number of rotatable bonds is 6. The van der Waals surface area contributed by atoms with Gasteiger partial charge in [-0.15, -0.1) is 17.3 Å². The van der Waals surface area contributed by atoms with Gasteiger partial charge in [-0.1, -0.05) is 25.0 Å². The number of amides is 1. The van der Waals surface area contributed by atoms with E-state index in [9.17, 15) is 4.79 Å². The van der Waals surface area contributed by atoms with Crippen LogP contribution in [0.25, 0.3) is 10.2 Å². The maximum absolute atomic E-state index is 12.3. The normalized spacial score (nSPS) is 10.2. The molecule has 0 radical (unpaired) electrons. The van der Waals surface area contributed by atoms with Crippen LogP contribution in [0, 0.1) is 11.8 Å². The van der Waals surface area contributed by atoms with E-state index in [1.165, 1.54) is 0 Å². The van der Waals surface area contributed by atoms with Gasteiger partial charge in [0, 0.05) is 18.5 Å². The van der Waals surface area contributed by atoms with Crippen molar-refractivity contribution in [2.45, 2.75) is 26.2 Å². The van der Waals surface area contributed by atoms with E-state index in [4.69, 9.17) is 4.74 Å². The van der Waals surface area contributed by atoms with Gasteiger partial charge in [-0.25, -0.2) is 4.98 Å². The van der Waals surface area contributed by atoms with Crippen LogP contribution in [-0.2, 0) is 11.2 Å². The van der Waals surface area contributed by atoms with Gasteiger partial charge in [0.2, 0.25) is 5.91 Å². The Labute approximate surface area is 157 Å². The number of ether oxygens (including phenoxy) is 1. The molecule has 0 saturated carbocycles. The summed E-state index contributed by atoms with van der Waals surface area (Å²) >= 11 is 1.56. The summed E-state index contributed by atoms with van der Waals surface area (Å²) in [7, 11) is 0. The van der Waals surface area contributed by atoms with Crippen molar-refractivity contribution in [2.24, 2.45) is 0 Å². The molecule has 0 spiro atoms. The molecule has 1 heterocycles. The molecule has 0 aliphatic heterocycles. The standard InChI is InChI=1S/C21H20N2O2S/c1-2-3-4-5-11-25-18-8-6-7-16(12-18)13-21(24)23-17-9-10-19-20(14-17)26-15-22-19/h6-10,12,14-15H,2,5,11,13H2,1H3,(H,23,24). The first kappa shape index (κ1) is 18.0. The number of anilines is 1. The molecule has 1 amide bonds. The molecule has 1 aromatic heterocycles. The van der Waals surface area contributed by atoms with Crippen LogP contribution >= 0.6 is 11.3 Å². The third kappa shape index (κ3) is 5.08. The molecule has 4 nitrogen and oxygen atoms in total. The Balaban J connectivity index is 1.55. The molecule has 3 rings (SSSR count). The number of aromatic nitrogens is 1. The van der Waals surface area contributed by atoms with Crippen LogP contribution in [0.1, 0.15) is 25.3 Å². The average Bonchev–Trinajstić information content (AvgIpc) is 3.09. The highest BCUT2D eigenvalue weighted by Crippen LogP contribution is 2.22. The highest BCUT2D eigenvalue weighted by Gasteiger charge is 2.07. The van der Waals surface area contributed by atoms with E-state index in [0.29, 0.717) is 19.4 Å². The van der Waals surface area contributed by atoms with E-state index in [2.05, 4.69) is 22.1 Å². The average molecular weight is 364 g/mol. The first-order chi connectivity index (χ1) is 12.7. The minimum Gasteiger partial charge on any atom is -0.493 e. The van der Waals surface area contributed by atoms with Crippen molar-refractivity contribution in [3.05, 3.63) is 53.5 Å². The van der Waals surface area contributed by atoms with Crippen LogP contribution in [0.3, 0.4) is 0 Å². The predicted octanol–water partition coefficient (Wildman–Crippen LogP) is 4.66. The van der Waals surface area contributed by atoms with Gasteiger partial charge in [0.25, 0.3) is 0 Å². The Hall–Kier alpha value is -2.84. The number of carbonyl (C=O) groups is 1. The van der Waals surface area contributed by atoms with E-state index in [1.807, 2.05) is 49.4 Å². The van der Waals surface area contributed by atoms with Gasteiger partial charge in [-0.3, -0.25) is 4.79 Å². The summed E-state index contributed by atoms with van der Waals surface area (Å²) in [6.07, 6.45) is 1.87. The van der Waals surface area contributed by atoms with E-state index < -0.39 is 0 Å². The zero-order valence-electron chi connectivity index (χ0n) is 14.6. The van der Waals surface area contributed by atoms with Gasteiger partial charge < -0.3 is 10.1 Å². The number of hydrogen-bond donors (Lipinski definition) is 1. The second kappa shape index (κ2) is 9.02. The molecule has 0 bridgehead atoms. The molecule has 0 fully saturated rings. The summed E-state index contributed by atoms with van der Waals surface area (Å²) in [6.45, 7) is 2.58. The fourth-order valence-corrected chi connectivity index (χ4v) is 3.22. The zero-order valence-corrected chi connectivity index (χ0v) is 15.4. The molecule has 26 heavy (non-hydrogen) atoms. The molecular formula is C21H20N2O2S. The van der Waals surface area contributed by atoms with Crippen LogP contribution in [0.2, 0.25) is 0 Å². The molecule has 132 valence electrons.